The lowest BCUT2D eigenvalue weighted by Crippen LogP contribution is -2.60. The van der Waals surface area contributed by atoms with E-state index < -0.39 is 5.54 Å². The Bertz CT molecular complexity index is 483. The first-order chi connectivity index (χ1) is 9.12. The predicted octanol–water partition coefficient (Wildman–Crippen LogP) is -0.312. The molecule has 0 radical (unpaired) electrons. The molecule has 19 heavy (non-hydrogen) atoms. The predicted molar refractivity (Wildman–Crippen MR) is 70.3 cm³/mol. The van der Waals surface area contributed by atoms with Gasteiger partial charge in [-0.2, -0.15) is 0 Å². The van der Waals surface area contributed by atoms with Crippen molar-refractivity contribution in [3.63, 3.8) is 0 Å². The van der Waals surface area contributed by atoms with Gasteiger partial charge in [0.05, 0.1) is 0 Å². The van der Waals surface area contributed by atoms with Crippen LogP contribution in [-0.4, -0.2) is 43.4 Å². The third kappa shape index (κ3) is 2.59. The van der Waals surface area contributed by atoms with E-state index in [-0.39, 0.29) is 5.91 Å². The minimum absolute atomic E-state index is 0.246. The minimum atomic E-state index is -0.599. The first kappa shape index (κ1) is 12.9. The molecule has 3 N–H and O–H groups in total. The largest absolute Gasteiger partial charge is 0.368 e. The van der Waals surface area contributed by atoms with Gasteiger partial charge in [0, 0.05) is 18.8 Å². The van der Waals surface area contributed by atoms with Crippen LogP contribution in [0.1, 0.15) is 25.7 Å². The quantitative estimate of drug-likeness (QED) is 0.666. The Morgan fingerprint density at radius 1 is 1.53 bits per heavy atom. The number of rotatable bonds is 7. The highest BCUT2D eigenvalue weighted by Gasteiger charge is 2.52. The lowest BCUT2D eigenvalue weighted by Gasteiger charge is -2.31. The van der Waals surface area contributed by atoms with Crippen molar-refractivity contribution in [3.05, 3.63) is 0 Å². The standard InChI is InChI=1S/C11H18N6OS/c1-17-10(14-15-16-17)19-6-11(9(12)18,7-2-3-7)13-8-4-5-8/h7-8,13H,2-6H2,1H3,(H2,12,18). The number of carbonyl (C=O) groups is 1. The summed E-state index contributed by atoms with van der Waals surface area (Å²) in [5.74, 6) is 0.710. The number of hydrogen-bond donors (Lipinski definition) is 2. The van der Waals surface area contributed by atoms with Crippen molar-refractivity contribution in [2.45, 2.75) is 42.4 Å². The second-order valence-corrected chi connectivity index (χ2v) is 6.34. The van der Waals surface area contributed by atoms with Gasteiger partial charge in [-0.05, 0) is 42.0 Å². The second-order valence-electron chi connectivity index (χ2n) is 5.40. The molecule has 0 aromatic carbocycles. The fourth-order valence-corrected chi connectivity index (χ4v) is 3.45. The highest BCUT2D eigenvalue weighted by molar-refractivity contribution is 7.99. The zero-order chi connectivity index (χ0) is 13.5. The fourth-order valence-electron chi connectivity index (χ4n) is 2.31. The van der Waals surface area contributed by atoms with Crippen molar-refractivity contribution >= 4 is 17.7 Å². The molecule has 1 aromatic rings. The van der Waals surface area contributed by atoms with Crippen LogP contribution in [0.2, 0.25) is 0 Å². The molecule has 2 aliphatic carbocycles. The van der Waals surface area contributed by atoms with Gasteiger partial charge >= 0.3 is 0 Å². The van der Waals surface area contributed by atoms with Crippen molar-refractivity contribution in [3.8, 4) is 0 Å². The van der Waals surface area contributed by atoms with E-state index in [4.69, 9.17) is 5.73 Å². The van der Waals surface area contributed by atoms with Crippen molar-refractivity contribution in [1.29, 1.82) is 0 Å². The molecule has 3 rings (SSSR count). The van der Waals surface area contributed by atoms with E-state index in [2.05, 4.69) is 20.8 Å². The molecule has 104 valence electrons. The average molecular weight is 282 g/mol. The van der Waals surface area contributed by atoms with E-state index in [0.717, 1.165) is 25.7 Å². The number of thioether (sulfide) groups is 1. The van der Waals surface area contributed by atoms with Gasteiger partial charge < -0.3 is 5.73 Å². The molecule has 0 aliphatic heterocycles. The third-order valence-electron chi connectivity index (χ3n) is 3.76. The van der Waals surface area contributed by atoms with Crippen molar-refractivity contribution < 1.29 is 4.79 Å². The van der Waals surface area contributed by atoms with Gasteiger partial charge in [-0.15, -0.1) is 5.10 Å². The van der Waals surface area contributed by atoms with Crippen LogP contribution in [0.15, 0.2) is 5.16 Å². The molecule has 2 saturated carbocycles. The molecule has 0 spiro atoms. The topological polar surface area (TPSA) is 98.7 Å². The summed E-state index contributed by atoms with van der Waals surface area (Å²) in [6.07, 6.45) is 4.41. The Labute approximate surface area is 115 Å². The van der Waals surface area contributed by atoms with Crippen LogP contribution in [-0.2, 0) is 11.8 Å². The first-order valence-corrected chi connectivity index (χ1v) is 7.53. The van der Waals surface area contributed by atoms with Crippen LogP contribution in [0, 0.1) is 5.92 Å². The van der Waals surface area contributed by atoms with Gasteiger partial charge in [0.15, 0.2) is 0 Å². The van der Waals surface area contributed by atoms with Gasteiger partial charge in [-0.25, -0.2) is 4.68 Å². The summed E-state index contributed by atoms with van der Waals surface area (Å²) in [4.78, 5) is 12.0. The molecule has 1 amide bonds. The minimum Gasteiger partial charge on any atom is -0.368 e. The molecule has 1 aromatic heterocycles. The maximum atomic E-state index is 12.0. The number of nitrogens with two attached hydrogens (primary N) is 1. The number of nitrogens with one attached hydrogen (secondary N) is 1. The Balaban J connectivity index is 1.74. The molecular weight excluding hydrogens is 264 g/mol. The number of tetrazole rings is 1. The van der Waals surface area contributed by atoms with Crippen LogP contribution in [0.25, 0.3) is 0 Å². The van der Waals surface area contributed by atoms with Crippen molar-refractivity contribution in [2.75, 3.05) is 5.75 Å². The zero-order valence-electron chi connectivity index (χ0n) is 10.9. The molecule has 7 nitrogen and oxygen atoms in total. The summed E-state index contributed by atoms with van der Waals surface area (Å²) >= 11 is 1.49. The number of nitrogens with zero attached hydrogens (tertiary/aromatic N) is 4. The summed E-state index contributed by atoms with van der Waals surface area (Å²) in [6.45, 7) is 0. The molecule has 0 saturated heterocycles. The summed E-state index contributed by atoms with van der Waals surface area (Å²) in [7, 11) is 1.79. The number of amides is 1. The van der Waals surface area contributed by atoms with Gasteiger partial charge in [0.25, 0.3) is 0 Å². The van der Waals surface area contributed by atoms with Gasteiger partial charge in [-0.3, -0.25) is 10.1 Å². The molecule has 2 fully saturated rings. The van der Waals surface area contributed by atoms with E-state index in [1.54, 1.807) is 11.7 Å². The summed E-state index contributed by atoms with van der Waals surface area (Å²) in [5, 5.41) is 15.5. The fraction of sp³-hybridized carbons (Fsp3) is 0.818. The van der Waals surface area contributed by atoms with Crippen molar-refractivity contribution in [2.24, 2.45) is 18.7 Å². The van der Waals surface area contributed by atoms with Crippen LogP contribution in [0.3, 0.4) is 0 Å². The van der Waals surface area contributed by atoms with E-state index in [0.29, 0.717) is 22.9 Å². The normalized spacial score (nSPS) is 22.2. The van der Waals surface area contributed by atoms with Crippen molar-refractivity contribution in [1.82, 2.24) is 25.5 Å². The number of hydrogen-bond acceptors (Lipinski definition) is 6. The Morgan fingerprint density at radius 3 is 2.74 bits per heavy atom. The molecule has 2 aliphatic rings. The summed E-state index contributed by atoms with van der Waals surface area (Å²) in [5.41, 5.74) is 5.09. The van der Waals surface area contributed by atoms with Crippen LogP contribution >= 0.6 is 11.8 Å². The van der Waals surface area contributed by atoms with Gasteiger partial charge in [-0.1, -0.05) is 11.8 Å². The molecule has 1 heterocycles. The van der Waals surface area contributed by atoms with E-state index in [1.165, 1.54) is 11.8 Å². The Morgan fingerprint density at radius 2 is 2.26 bits per heavy atom. The molecule has 0 bridgehead atoms. The zero-order valence-corrected chi connectivity index (χ0v) is 11.7. The van der Waals surface area contributed by atoms with E-state index in [1.807, 2.05) is 0 Å². The van der Waals surface area contributed by atoms with E-state index in [9.17, 15) is 4.79 Å². The summed E-state index contributed by atoms with van der Waals surface area (Å²) in [6, 6.07) is 0.450. The molecule has 1 atom stereocenters. The Hall–Kier alpha value is -1.15. The van der Waals surface area contributed by atoms with Crippen LogP contribution in [0.5, 0.6) is 0 Å². The first-order valence-electron chi connectivity index (χ1n) is 6.54. The number of carbonyl (C=O) groups excluding carboxylic acids is 1. The highest BCUT2D eigenvalue weighted by atomic mass is 32.2. The number of aryl methyl sites for hydroxylation is 1. The van der Waals surface area contributed by atoms with Crippen LogP contribution in [0.4, 0.5) is 0 Å². The number of primary amides is 1. The van der Waals surface area contributed by atoms with Gasteiger partial charge in [0.1, 0.15) is 5.54 Å². The molecule has 8 heteroatoms. The SMILES string of the molecule is Cn1nnnc1SCC(NC1CC1)(C(N)=O)C1CC1. The highest BCUT2D eigenvalue weighted by Crippen LogP contribution is 2.43. The van der Waals surface area contributed by atoms with Crippen LogP contribution < -0.4 is 11.1 Å². The lowest BCUT2D eigenvalue weighted by molar-refractivity contribution is -0.124. The lowest BCUT2D eigenvalue weighted by atomic mass is 9.94. The third-order valence-corrected chi connectivity index (χ3v) is 4.97. The maximum absolute atomic E-state index is 12.0. The smallest absolute Gasteiger partial charge is 0.238 e. The molecule has 1 unspecified atom stereocenters. The second kappa shape index (κ2) is 4.75. The number of aromatic nitrogens is 4. The van der Waals surface area contributed by atoms with E-state index >= 15 is 0 Å². The average Bonchev–Trinajstić information content (AvgIpc) is 3.25. The Kier molecular flexibility index (Phi) is 3.22. The summed E-state index contributed by atoms with van der Waals surface area (Å²) < 4.78 is 1.61. The molecular formula is C11H18N6OS. The maximum Gasteiger partial charge on any atom is 0.238 e. The monoisotopic (exact) mass is 282 g/mol. The van der Waals surface area contributed by atoms with Gasteiger partial charge in [0.2, 0.25) is 11.1 Å².